The summed E-state index contributed by atoms with van der Waals surface area (Å²) >= 11 is 0. The van der Waals surface area contributed by atoms with Crippen LogP contribution in [0.1, 0.15) is 58.3 Å². The van der Waals surface area contributed by atoms with Crippen LogP contribution in [0.25, 0.3) is 0 Å². The van der Waals surface area contributed by atoms with Crippen molar-refractivity contribution in [1.29, 1.82) is 0 Å². The lowest BCUT2D eigenvalue weighted by atomic mass is 10.0. The van der Waals surface area contributed by atoms with Crippen LogP contribution in [-0.4, -0.2) is 58.9 Å². The maximum atomic E-state index is 11.6. The van der Waals surface area contributed by atoms with Crippen molar-refractivity contribution in [3.8, 4) is 0 Å². The molecular weight excluding hydrogens is 288 g/mol. The van der Waals surface area contributed by atoms with Crippen LogP contribution < -0.4 is 0 Å². The van der Waals surface area contributed by atoms with E-state index in [-0.39, 0.29) is 19.2 Å². The Kier molecular flexibility index (Phi) is 9.63. The van der Waals surface area contributed by atoms with Gasteiger partial charge >= 0.3 is 5.97 Å². The maximum absolute atomic E-state index is 11.6. The Labute approximate surface area is 132 Å². The molecule has 130 valence electrons. The molecule has 0 aromatic carbocycles. The minimum Gasteiger partial charge on any atom is -0.463 e. The van der Waals surface area contributed by atoms with E-state index in [2.05, 4.69) is 6.92 Å². The van der Waals surface area contributed by atoms with Crippen molar-refractivity contribution in [3.63, 3.8) is 0 Å². The third-order valence-electron chi connectivity index (χ3n) is 4.00. The van der Waals surface area contributed by atoms with Crippen LogP contribution in [0.4, 0.5) is 0 Å². The number of rotatable bonds is 10. The predicted molar refractivity (Wildman–Crippen MR) is 81.3 cm³/mol. The zero-order valence-corrected chi connectivity index (χ0v) is 13.4. The van der Waals surface area contributed by atoms with Crippen molar-refractivity contribution < 1.29 is 29.6 Å². The molecule has 0 unspecified atom stereocenters. The van der Waals surface area contributed by atoms with E-state index in [9.17, 15) is 20.1 Å². The summed E-state index contributed by atoms with van der Waals surface area (Å²) < 4.78 is 10.2. The van der Waals surface area contributed by atoms with Gasteiger partial charge in [-0.05, 0) is 6.42 Å². The number of hydrogen-bond donors (Lipinski definition) is 3. The van der Waals surface area contributed by atoms with Crippen molar-refractivity contribution >= 4 is 5.97 Å². The van der Waals surface area contributed by atoms with Crippen molar-refractivity contribution in [2.24, 2.45) is 0 Å². The molecule has 1 fully saturated rings. The number of unbranched alkanes of at least 4 members (excludes halogenated alkanes) is 6. The lowest BCUT2D eigenvalue weighted by Gasteiger charge is -2.34. The molecule has 3 N–H and O–H groups in total. The standard InChI is InChI=1S/C16H30O6/c1-2-3-4-5-6-7-8-9-14(18)22-11-13-16(20)15(19)12(17)10-21-13/h12-13,15-17,19-20H,2-11H2,1H3/t12-,13+,15+,16+/m1/s1. The van der Waals surface area contributed by atoms with E-state index < -0.39 is 24.4 Å². The molecule has 1 saturated heterocycles. The molecule has 0 amide bonds. The molecule has 22 heavy (non-hydrogen) atoms. The molecule has 0 saturated carbocycles. The summed E-state index contributed by atoms with van der Waals surface area (Å²) in [7, 11) is 0. The zero-order chi connectivity index (χ0) is 16.4. The first kappa shape index (κ1) is 19.4. The lowest BCUT2D eigenvalue weighted by molar-refractivity contribution is -0.201. The molecule has 0 bridgehead atoms. The summed E-state index contributed by atoms with van der Waals surface area (Å²) in [5.41, 5.74) is 0. The van der Waals surface area contributed by atoms with E-state index in [0.717, 1.165) is 19.3 Å². The van der Waals surface area contributed by atoms with Gasteiger partial charge in [-0.15, -0.1) is 0 Å². The van der Waals surface area contributed by atoms with Crippen LogP contribution in [-0.2, 0) is 14.3 Å². The summed E-state index contributed by atoms with van der Waals surface area (Å²) in [5.74, 6) is -0.315. The van der Waals surface area contributed by atoms with Crippen LogP contribution in [0, 0.1) is 0 Å². The number of ether oxygens (including phenoxy) is 2. The van der Waals surface area contributed by atoms with Crippen LogP contribution >= 0.6 is 0 Å². The fourth-order valence-electron chi connectivity index (χ4n) is 2.49. The molecule has 0 aromatic heterocycles. The average molecular weight is 318 g/mol. The highest BCUT2D eigenvalue weighted by Crippen LogP contribution is 2.16. The summed E-state index contributed by atoms with van der Waals surface area (Å²) in [4.78, 5) is 11.6. The van der Waals surface area contributed by atoms with Crippen LogP contribution in [0.5, 0.6) is 0 Å². The second kappa shape index (κ2) is 10.9. The minimum absolute atomic E-state index is 0.0712. The molecule has 1 aliphatic heterocycles. The van der Waals surface area contributed by atoms with Gasteiger partial charge in [0.05, 0.1) is 6.61 Å². The van der Waals surface area contributed by atoms with Gasteiger partial charge in [-0.25, -0.2) is 0 Å². The largest absolute Gasteiger partial charge is 0.463 e. The first-order valence-electron chi connectivity index (χ1n) is 8.37. The van der Waals surface area contributed by atoms with E-state index in [1.807, 2.05) is 0 Å². The number of aliphatic hydroxyl groups is 3. The topological polar surface area (TPSA) is 96.2 Å². The quantitative estimate of drug-likeness (QED) is 0.413. The van der Waals surface area contributed by atoms with Gasteiger partial charge in [0.25, 0.3) is 0 Å². The number of aliphatic hydroxyl groups excluding tert-OH is 3. The second-order valence-electron chi connectivity index (χ2n) is 5.97. The Balaban J connectivity index is 2.06. The molecule has 0 radical (unpaired) electrons. The second-order valence-corrected chi connectivity index (χ2v) is 5.97. The van der Waals surface area contributed by atoms with E-state index in [1.165, 1.54) is 25.7 Å². The number of carbonyl (C=O) groups is 1. The van der Waals surface area contributed by atoms with Crippen LogP contribution in [0.2, 0.25) is 0 Å². The van der Waals surface area contributed by atoms with Crippen molar-refractivity contribution in [1.82, 2.24) is 0 Å². The summed E-state index contributed by atoms with van der Waals surface area (Å²) in [6, 6.07) is 0. The number of carbonyl (C=O) groups excluding carboxylic acids is 1. The van der Waals surface area contributed by atoms with Gasteiger partial charge in [0.15, 0.2) is 0 Å². The minimum atomic E-state index is -1.26. The highest BCUT2D eigenvalue weighted by molar-refractivity contribution is 5.69. The molecular formula is C16H30O6. The van der Waals surface area contributed by atoms with E-state index in [0.29, 0.717) is 6.42 Å². The smallest absolute Gasteiger partial charge is 0.305 e. The summed E-state index contributed by atoms with van der Waals surface area (Å²) in [6.45, 7) is 2.02. The van der Waals surface area contributed by atoms with Gasteiger partial charge in [0.2, 0.25) is 0 Å². The van der Waals surface area contributed by atoms with Gasteiger partial charge < -0.3 is 24.8 Å². The first-order valence-corrected chi connectivity index (χ1v) is 8.37. The van der Waals surface area contributed by atoms with Crippen molar-refractivity contribution in [3.05, 3.63) is 0 Å². The Morgan fingerprint density at radius 1 is 1.05 bits per heavy atom. The normalized spacial score (nSPS) is 28.5. The molecule has 1 aliphatic rings. The Bertz CT molecular complexity index is 309. The third kappa shape index (κ3) is 7.05. The van der Waals surface area contributed by atoms with Crippen LogP contribution in [0.3, 0.4) is 0 Å². The van der Waals surface area contributed by atoms with Crippen molar-refractivity contribution in [2.75, 3.05) is 13.2 Å². The third-order valence-corrected chi connectivity index (χ3v) is 4.00. The average Bonchev–Trinajstić information content (AvgIpc) is 2.51. The van der Waals surface area contributed by atoms with Gasteiger partial charge in [0.1, 0.15) is 31.0 Å². The Morgan fingerprint density at radius 2 is 1.68 bits per heavy atom. The van der Waals surface area contributed by atoms with Gasteiger partial charge in [-0.3, -0.25) is 4.79 Å². The van der Waals surface area contributed by atoms with Gasteiger partial charge in [-0.1, -0.05) is 45.4 Å². The summed E-state index contributed by atoms with van der Waals surface area (Å²) in [5, 5.41) is 28.6. The fourth-order valence-corrected chi connectivity index (χ4v) is 2.49. The molecule has 1 heterocycles. The highest BCUT2D eigenvalue weighted by Gasteiger charge is 2.38. The van der Waals surface area contributed by atoms with Crippen molar-refractivity contribution in [2.45, 2.75) is 82.7 Å². The molecule has 6 nitrogen and oxygen atoms in total. The van der Waals surface area contributed by atoms with E-state index in [1.54, 1.807) is 0 Å². The van der Waals surface area contributed by atoms with Gasteiger partial charge in [0, 0.05) is 6.42 Å². The van der Waals surface area contributed by atoms with E-state index in [4.69, 9.17) is 9.47 Å². The molecule has 1 rings (SSSR count). The molecule has 0 aromatic rings. The monoisotopic (exact) mass is 318 g/mol. The maximum Gasteiger partial charge on any atom is 0.305 e. The lowest BCUT2D eigenvalue weighted by Crippen LogP contribution is -2.54. The van der Waals surface area contributed by atoms with Gasteiger partial charge in [-0.2, -0.15) is 0 Å². The molecule has 0 aliphatic carbocycles. The zero-order valence-electron chi connectivity index (χ0n) is 13.4. The first-order chi connectivity index (χ1) is 10.6. The van der Waals surface area contributed by atoms with Crippen LogP contribution in [0.15, 0.2) is 0 Å². The Morgan fingerprint density at radius 3 is 2.36 bits per heavy atom. The number of esters is 1. The predicted octanol–water partition coefficient (Wildman–Crippen LogP) is 1.15. The highest BCUT2D eigenvalue weighted by atomic mass is 16.6. The SMILES string of the molecule is CCCCCCCCCC(=O)OC[C@@H]1OC[C@@H](O)[C@H](O)[C@H]1O. The fraction of sp³-hybridized carbons (Fsp3) is 0.938. The molecule has 4 atom stereocenters. The molecule has 0 spiro atoms. The Hall–Kier alpha value is -0.690. The summed E-state index contributed by atoms with van der Waals surface area (Å²) in [6.07, 6.45) is 3.91. The molecule has 6 heteroatoms. The number of hydrogen-bond acceptors (Lipinski definition) is 6. The van der Waals surface area contributed by atoms with E-state index >= 15 is 0 Å².